The Balaban J connectivity index is 1.47. The van der Waals surface area contributed by atoms with Crippen molar-refractivity contribution in [2.45, 2.75) is 44.6 Å². The lowest BCUT2D eigenvalue weighted by Gasteiger charge is -2.17. The summed E-state index contributed by atoms with van der Waals surface area (Å²) < 4.78 is 7.23. The highest BCUT2D eigenvalue weighted by Crippen LogP contribution is 2.33. The van der Waals surface area contributed by atoms with Crippen molar-refractivity contribution in [3.8, 4) is 0 Å². The molecule has 6 N–H and O–H groups in total. The highest BCUT2D eigenvalue weighted by Gasteiger charge is 2.47. The number of ether oxygens (including phenoxy) is 1. The van der Waals surface area contributed by atoms with Crippen LogP contribution in [0.2, 0.25) is 0 Å². The number of likely N-dealkylation sites (N-methyl/N-ethyl adjacent to an activating group) is 1. The van der Waals surface area contributed by atoms with Crippen molar-refractivity contribution in [1.29, 1.82) is 0 Å². The lowest BCUT2D eigenvalue weighted by molar-refractivity contribution is -0.137. The van der Waals surface area contributed by atoms with Gasteiger partial charge in [0, 0.05) is 13.1 Å². The molecule has 11 nitrogen and oxygen atoms in total. The summed E-state index contributed by atoms with van der Waals surface area (Å²) in [4.78, 5) is 25.7. The molecule has 0 unspecified atom stereocenters. The molecular weight excluding hydrogens is 450 g/mol. The Kier molecular flexibility index (Phi) is 6.31. The third-order valence-corrected chi connectivity index (χ3v) is 6.10. The smallest absolute Gasteiger partial charge is 0.252 e. The van der Waals surface area contributed by atoms with E-state index in [0.717, 1.165) is 16.3 Å². The number of hydrogen-bond acceptors (Lipinski definition) is 9. The van der Waals surface area contributed by atoms with Crippen molar-refractivity contribution in [2.75, 3.05) is 11.9 Å². The highest BCUT2D eigenvalue weighted by atomic mass is 16.6. The highest BCUT2D eigenvalue weighted by molar-refractivity contribution is 5.87. The van der Waals surface area contributed by atoms with Gasteiger partial charge in [-0.05, 0) is 23.3 Å². The van der Waals surface area contributed by atoms with Gasteiger partial charge in [-0.25, -0.2) is 15.0 Å². The van der Waals surface area contributed by atoms with E-state index in [2.05, 4.69) is 43.8 Å². The molecule has 35 heavy (non-hydrogen) atoms. The Labute approximate surface area is 201 Å². The molecule has 0 radical (unpaired) electrons. The number of benzene rings is 2. The molecule has 4 aromatic rings. The predicted molar refractivity (Wildman–Crippen MR) is 129 cm³/mol. The molecule has 1 aliphatic rings. The molecule has 0 spiro atoms. The second-order valence-electron chi connectivity index (χ2n) is 8.33. The van der Waals surface area contributed by atoms with Gasteiger partial charge in [0.1, 0.15) is 18.0 Å². The maximum absolute atomic E-state index is 12.3. The lowest BCUT2D eigenvalue weighted by Crippen LogP contribution is -2.42. The molecule has 0 saturated carbocycles. The van der Waals surface area contributed by atoms with Gasteiger partial charge in [-0.15, -0.1) is 0 Å². The normalized spacial score (nSPS) is 22.1. The van der Waals surface area contributed by atoms with Crippen molar-refractivity contribution in [3.05, 3.63) is 60.2 Å². The van der Waals surface area contributed by atoms with Gasteiger partial charge >= 0.3 is 0 Å². The number of nitrogens with two attached hydrogens (primary N) is 1. The van der Waals surface area contributed by atoms with Gasteiger partial charge in [0.25, 0.3) is 5.91 Å². The van der Waals surface area contributed by atoms with E-state index >= 15 is 0 Å². The van der Waals surface area contributed by atoms with Crippen LogP contribution in [0, 0.1) is 0 Å². The zero-order valence-electron chi connectivity index (χ0n) is 19.1. The van der Waals surface area contributed by atoms with E-state index in [1.54, 1.807) is 6.92 Å². The number of aliphatic hydroxyl groups excluding tert-OH is 2. The molecule has 182 valence electrons. The van der Waals surface area contributed by atoms with Crippen molar-refractivity contribution in [1.82, 2.24) is 24.8 Å². The fourth-order valence-electron chi connectivity index (χ4n) is 4.37. The van der Waals surface area contributed by atoms with E-state index in [1.807, 2.05) is 24.3 Å². The van der Waals surface area contributed by atoms with E-state index in [9.17, 15) is 15.0 Å². The molecule has 1 amide bonds. The third kappa shape index (κ3) is 4.19. The summed E-state index contributed by atoms with van der Waals surface area (Å²) in [6, 6.07) is 14.2. The zero-order valence-corrected chi connectivity index (χ0v) is 19.1. The van der Waals surface area contributed by atoms with E-state index in [1.165, 1.54) is 10.9 Å². The van der Waals surface area contributed by atoms with E-state index < -0.39 is 30.4 Å². The van der Waals surface area contributed by atoms with Gasteiger partial charge in [-0.2, -0.15) is 0 Å². The average molecular weight is 478 g/mol. The van der Waals surface area contributed by atoms with Crippen LogP contribution in [-0.2, 0) is 22.6 Å². The SMILES string of the molecule is CCNC(=O)[C@H]1O[C@@H](n2cnc3c(NCc4cccc5ccccc45)nc(CN)nc32)[C@H](O)[C@@H]1O. The number of fused-ring (bicyclic) bond motifs is 2. The summed E-state index contributed by atoms with van der Waals surface area (Å²) in [5.41, 5.74) is 7.76. The van der Waals surface area contributed by atoms with Crippen LogP contribution in [-0.4, -0.2) is 60.5 Å². The lowest BCUT2D eigenvalue weighted by atomic mass is 10.0. The first-order chi connectivity index (χ1) is 17.0. The summed E-state index contributed by atoms with van der Waals surface area (Å²) in [5.74, 6) is 0.351. The minimum Gasteiger partial charge on any atom is -0.387 e. The molecule has 1 fully saturated rings. The van der Waals surface area contributed by atoms with Crippen LogP contribution in [0.4, 0.5) is 5.82 Å². The second-order valence-corrected chi connectivity index (χ2v) is 8.33. The van der Waals surface area contributed by atoms with Crippen LogP contribution in [0.15, 0.2) is 48.8 Å². The molecule has 0 aliphatic carbocycles. The summed E-state index contributed by atoms with van der Waals surface area (Å²) in [5, 5.41) is 29.3. The van der Waals surface area contributed by atoms with E-state index in [0.29, 0.717) is 35.9 Å². The number of aromatic nitrogens is 4. The predicted octanol–water partition coefficient (Wildman–Crippen LogP) is 0.806. The first-order valence-electron chi connectivity index (χ1n) is 11.4. The quantitative estimate of drug-likeness (QED) is 0.259. The Morgan fingerprint density at radius 2 is 1.94 bits per heavy atom. The fraction of sp³-hybridized carbons (Fsp3) is 0.333. The zero-order chi connectivity index (χ0) is 24.5. The molecular formula is C24H27N7O4. The molecule has 4 atom stereocenters. The first-order valence-corrected chi connectivity index (χ1v) is 11.4. The molecule has 1 aliphatic heterocycles. The molecule has 3 heterocycles. The number of amides is 1. The number of carbonyl (C=O) groups is 1. The summed E-state index contributed by atoms with van der Waals surface area (Å²) >= 11 is 0. The number of anilines is 1. The topological polar surface area (TPSA) is 160 Å². The molecule has 2 aromatic heterocycles. The van der Waals surface area contributed by atoms with Gasteiger partial charge in [0.2, 0.25) is 0 Å². The fourth-order valence-corrected chi connectivity index (χ4v) is 4.37. The number of aliphatic hydroxyl groups is 2. The summed E-state index contributed by atoms with van der Waals surface area (Å²) in [6.45, 7) is 2.71. The number of rotatable bonds is 7. The molecule has 1 saturated heterocycles. The maximum atomic E-state index is 12.3. The van der Waals surface area contributed by atoms with Gasteiger partial charge in [0.15, 0.2) is 29.3 Å². The van der Waals surface area contributed by atoms with Crippen molar-refractivity contribution in [3.63, 3.8) is 0 Å². The van der Waals surface area contributed by atoms with Crippen LogP contribution >= 0.6 is 0 Å². The van der Waals surface area contributed by atoms with Crippen LogP contribution < -0.4 is 16.4 Å². The summed E-state index contributed by atoms with van der Waals surface area (Å²) in [6.07, 6.45) is -3.59. The van der Waals surface area contributed by atoms with Crippen LogP contribution in [0.25, 0.3) is 21.9 Å². The number of hydrogen-bond donors (Lipinski definition) is 5. The van der Waals surface area contributed by atoms with Crippen LogP contribution in [0.1, 0.15) is 24.5 Å². The van der Waals surface area contributed by atoms with Gasteiger partial charge in [-0.1, -0.05) is 42.5 Å². The van der Waals surface area contributed by atoms with Crippen molar-refractivity contribution in [2.24, 2.45) is 5.73 Å². The Morgan fingerprint density at radius 3 is 2.74 bits per heavy atom. The largest absolute Gasteiger partial charge is 0.387 e. The monoisotopic (exact) mass is 477 g/mol. The van der Waals surface area contributed by atoms with Gasteiger partial charge in [-0.3, -0.25) is 9.36 Å². The number of nitrogens with zero attached hydrogens (tertiary/aromatic N) is 4. The standard InChI is InChI=1S/C24H27N7O4/c1-2-26-23(34)20-18(32)19(33)24(35-20)31-12-28-17-21(29-16(10-25)30-22(17)31)27-11-14-8-5-7-13-6-3-4-9-15(13)14/h3-9,12,18-20,24,32-33H,2,10-11,25H2,1H3,(H,26,34)(H,27,29,30)/t18-,19+,20-,24+/m0/s1. The summed E-state index contributed by atoms with van der Waals surface area (Å²) in [7, 11) is 0. The van der Waals surface area contributed by atoms with Crippen molar-refractivity contribution < 1.29 is 19.7 Å². The number of carbonyl (C=O) groups excluding carboxylic acids is 1. The number of nitrogens with one attached hydrogen (secondary N) is 2. The average Bonchev–Trinajstić information content (AvgIpc) is 3.43. The Hall–Kier alpha value is -3.64. The molecule has 0 bridgehead atoms. The third-order valence-electron chi connectivity index (χ3n) is 6.10. The Morgan fingerprint density at radius 1 is 1.14 bits per heavy atom. The van der Waals surface area contributed by atoms with Crippen LogP contribution in [0.3, 0.4) is 0 Å². The number of imidazole rings is 1. The second kappa shape index (κ2) is 9.55. The molecule has 11 heteroatoms. The van der Waals surface area contributed by atoms with E-state index in [4.69, 9.17) is 10.5 Å². The minimum atomic E-state index is -1.40. The first kappa shape index (κ1) is 23.1. The minimum absolute atomic E-state index is 0.0856. The van der Waals surface area contributed by atoms with E-state index in [-0.39, 0.29) is 6.54 Å². The molecule has 2 aromatic carbocycles. The van der Waals surface area contributed by atoms with Gasteiger partial charge in [0.05, 0.1) is 12.9 Å². The maximum Gasteiger partial charge on any atom is 0.252 e. The molecule has 5 rings (SSSR count). The Bertz CT molecular complexity index is 1370. The van der Waals surface area contributed by atoms with Crippen molar-refractivity contribution >= 4 is 33.7 Å². The van der Waals surface area contributed by atoms with Crippen LogP contribution in [0.5, 0.6) is 0 Å². The van der Waals surface area contributed by atoms with Gasteiger partial charge < -0.3 is 31.3 Å².